The van der Waals surface area contributed by atoms with Crippen LogP contribution in [0.15, 0.2) is 12.4 Å². The van der Waals surface area contributed by atoms with Gasteiger partial charge in [-0.2, -0.15) is 4.98 Å². The van der Waals surface area contributed by atoms with Gasteiger partial charge in [0.2, 0.25) is 5.88 Å². The summed E-state index contributed by atoms with van der Waals surface area (Å²) in [5.74, 6) is 1.29. The average molecular weight is 237 g/mol. The van der Waals surface area contributed by atoms with Crippen molar-refractivity contribution in [3.8, 4) is 5.88 Å². The van der Waals surface area contributed by atoms with E-state index in [-0.39, 0.29) is 12.1 Å². The van der Waals surface area contributed by atoms with Crippen LogP contribution >= 0.6 is 0 Å². The number of nitrogens with one attached hydrogen (secondary N) is 1. The Bertz CT molecular complexity index is 353. The van der Waals surface area contributed by atoms with E-state index in [2.05, 4.69) is 22.2 Å². The van der Waals surface area contributed by atoms with Gasteiger partial charge >= 0.3 is 0 Å². The molecule has 1 N–H and O–H groups in total. The topological polar surface area (TPSA) is 56.3 Å². The summed E-state index contributed by atoms with van der Waals surface area (Å²) in [5.41, 5.74) is 0. The van der Waals surface area contributed by atoms with E-state index in [0.717, 1.165) is 25.3 Å². The van der Waals surface area contributed by atoms with E-state index in [1.54, 1.807) is 12.4 Å². The zero-order chi connectivity index (χ0) is 12.1. The molecule has 94 valence electrons. The number of ether oxygens (including phenoxy) is 2. The number of rotatable bonds is 5. The summed E-state index contributed by atoms with van der Waals surface area (Å²) < 4.78 is 10.9. The highest BCUT2D eigenvalue weighted by Gasteiger charge is 2.22. The smallest absolute Gasteiger partial charge is 0.234 e. The van der Waals surface area contributed by atoms with Crippen molar-refractivity contribution in [1.82, 2.24) is 9.97 Å². The highest BCUT2D eigenvalue weighted by atomic mass is 16.5. The molecule has 5 nitrogen and oxygen atoms in total. The molecule has 2 unspecified atom stereocenters. The van der Waals surface area contributed by atoms with Gasteiger partial charge in [0.1, 0.15) is 5.82 Å². The molecular formula is C12H19N3O2. The predicted octanol–water partition coefficient (Wildman–Crippen LogP) is 1.85. The minimum Gasteiger partial charge on any atom is -0.477 e. The molecule has 2 atom stereocenters. The Kier molecular flexibility index (Phi) is 4.14. The van der Waals surface area contributed by atoms with Crippen LogP contribution < -0.4 is 10.1 Å². The van der Waals surface area contributed by atoms with Crippen molar-refractivity contribution >= 4 is 5.82 Å². The van der Waals surface area contributed by atoms with Crippen molar-refractivity contribution in [1.29, 1.82) is 0 Å². The van der Waals surface area contributed by atoms with Gasteiger partial charge in [0.15, 0.2) is 0 Å². The van der Waals surface area contributed by atoms with Crippen molar-refractivity contribution in [2.24, 2.45) is 0 Å². The first-order valence-electron chi connectivity index (χ1n) is 6.12. The Morgan fingerprint density at radius 2 is 2.47 bits per heavy atom. The lowest BCUT2D eigenvalue weighted by Gasteiger charge is -2.20. The van der Waals surface area contributed by atoms with Crippen molar-refractivity contribution in [2.45, 2.75) is 38.8 Å². The Balaban J connectivity index is 1.94. The number of nitrogens with zero attached hydrogens (tertiary/aromatic N) is 2. The number of anilines is 1. The van der Waals surface area contributed by atoms with Crippen LogP contribution in [0, 0.1) is 0 Å². The van der Waals surface area contributed by atoms with Crippen LogP contribution in [0.5, 0.6) is 5.88 Å². The first kappa shape index (κ1) is 12.1. The minimum atomic E-state index is 0.240. The predicted molar refractivity (Wildman–Crippen MR) is 65.3 cm³/mol. The summed E-state index contributed by atoms with van der Waals surface area (Å²) in [7, 11) is 0. The van der Waals surface area contributed by atoms with E-state index in [0.29, 0.717) is 12.5 Å². The normalized spacial score (nSPS) is 21.2. The molecule has 1 aromatic heterocycles. The van der Waals surface area contributed by atoms with Crippen LogP contribution in [0.25, 0.3) is 0 Å². The summed E-state index contributed by atoms with van der Waals surface area (Å²) in [6.45, 7) is 5.49. The number of hydrogen-bond donors (Lipinski definition) is 1. The van der Waals surface area contributed by atoms with E-state index in [9.17, 15) is 0 Å². The molecule has 1 aliphatic heterocycles. The van der Waals surface area contributed by atoms with Gasteiger partial charge in [0.25, 0.3) is 0 Å². The van der Waals surface area contributed by atoms with Crippen LogP contribution in [-0.4, -0.2) is 35.3 Å². The molecule has 1 fully saturated rings. The van der Waals surface area contributed by atoms with Gasteiger partial charge in [0, 0.05) is 6.61 Å². The molecule has 0 bridgehead atoms. The molecule has 0 radical (unpaired) electrons. The van der Waals surface area contributed by atoms with Crippen LogP contribution in [-0.2, 0) is 4.74 Å². The van der Waals surface area contributed by atoms with Crippen molar-refractivity contribution in [3.05, 3.63) is 12.4 Å². The lowest BCUT2D eigenvalue weighted by atomic mass is 10.1. The fraction of sp³-hybridized carbons (Fsp3) is 0.667. The molecular weight excluding hydrogens is 218 g/mol. The van der Waals surface area contributed by atoms with E-state index >= 15 is 0 Å². The molecule has 0 spiro atoms. The lowest BCUT2D eigenvalue weighted by Crippen LogP contribution is -2.30. The maximum atomic E-state index is 5.62. The third-order valence-electron chi connectivity index (χ3n) is 2.80. The molecule has 17 heavy (non-hydrogen) atoms. The lowest BCUT2D eigenvalue weighted by molar-refractivity contribution is 0.0995. The van der Waals surface area contributed by atoms with Crippen LogP contribution in [0.2, 0.25) is 0 Å². The fourth-order valence-corrected chi connectivity index (χ4v) is 1.96. The van der Waals surface area contributed by atoms with Crippen molar-refractivity contribution < 1.29 is 9.47 Å². The van der Waals surface area contributed by atoms with Crippen molar-refractivity contribution in [2.75, 3.05) is 18.5 Å². The molecule has 2 heterocycles. The first-order valence-corrected chi connectivity index (χ1v) is 6.12. The zero-order valence-electron chi connectivity index (χ0n) is 10.3. The molecule has 5 heteroatoms. The second kappa shape index (κ2) is 5.82. The summed E-state index contributed by atoms with van der Waals surface area (Å²) in [6, 6.07) is 0.240. The highest BCUT2D eigenvalue weighted by molar-refractivity contribution is 5.34. The second-order valence-corrected chi connectivity index (χ2v) is 4.16. The van der Waals surface area contributed by atoms with Gasteiger partial charge in [-0.05, 0) is 26.7 Å². The number of hydrogen-bond acceptors (Lipinski definition) is 5. The van der Waals surface area contributed by atoms with E-state index in [1.165, 1.54) is 0 Å². The minimum absolute atomic E-state index is 0.240. The standard InChI is InChI=1S/C12H19N3O2/c1-3-16-12-8-13-7-11(15-12)14-9(2)10-5-4-6-17-10/h7-10H,3-6H2,1-2H3,(H,14,15). The van der Waals surface area contributed by atoms with Gasteiger partial charge in [-0.15, -0.1) is 0 Å². The molecule has 0 saturated carbocycles. The highest BCUT2D eigenvalue weighted by Crippen LogP contribution is 2.18. The molecule has 2 rings (SSSR count). The van der Waals surface area contributed by atoms with Gasteiger partial charge < -0.3 is 14.8 Å². The first-order chi connectivity index (χ1) is 8.29. The molecule has 0 amide bonds. The summed E-state index contributed by atoms with van der Waals surface area (Å²) >= 11 is 0. The van der Waals surface area contributed by atoms with Gasteiger partial charge in [-0.1, -0.05) is 0 Å². The Labute approximate surface area is 102 Å². The summed E-state index contributed by atoms with van der Waals surface area (Å²) in [6.07, 6.45) is 5.83. The Morgan fingerprint density at radius 3 is 3.18 bits per heavy atom. The van der Waals surface area contributed by atoms with Gasteiger partial charge in [-0.25, -0.2) is 0 Å². The van der Waals surface area contributed by atoms with Crippen LogP contribution in [0.3, 0.4) is 0 Å². The Hall–Kier alpha value is -1.36. The fourth-order valence-electron chi connectivity index (χ4n) is 1.96. The average Bonchev–Trinajstić information content (AvgIpc) is 2.83. The van der Waals surface area contributed by atoms with Crippen molar-refractivity contribution in [3.63, 3.8) is 0 Å². The molecule has 1 saturated heterocycles. The Morgan fingerprint density at radius 1 is 1.59 bits per heavy atom. The SMILES string of the molecule is CCOc1cncc(NC(C)C2CCCO2)n1. The number of aromatic nitrogens is 2. The zero-order valence-corrected chi connectivity index (χ0v) is 10.3. The van der Waals surface area contributed by atoms with E-state index in [4.69, 9.17) is 9.47 Å². The summed E-state index contributed by atoms with van der Waals surface area (Å²) in [4.78, 5) is 8.41. The molecule has 0 aromatic carbocycles. The maximum Gasteiger partial charge on any atom is 0.234 e. The molecule has 1 aromatic rings. The van der Waals surface area contributed by atoms with Crippen LogP contribution in [0.4, 0.5) is 5.82 Å². The quantitative estimate of drug-likeness (QED) is 0.847. The van der Waals surface area contributed by atoms with Gasteiger partial charge in [-0.3, -0.25) is 4.98 Å². The van der Waals surface area contributed by atoms with E-state index in [1.807, 2.05) is 6.92 Å². The molecule has 1 aliphatic rings. The second-order valence-electron chi connectivity index (χ2n) is 4.16. The third-order valence-corrected chi connectivity index (χ3v) is 2.80. The summed E-state index contributed by atoms with van der Waals surface area (Å²) in [5, 5.41) is 3.30. The monoisotopic (exact) mass is 237 g/mol. The van der Waals surface area contributed by atoms with Gasteiger partial charge in [0.05, 0.1) is 31.1 Å². The maximum absolute atomic E-state index is 5.62. The van der Waals surface area contributed by atoms with Crippen LogP contribution in [0.1, 0.15) is 26.7 Å². The molecule has 0 aliphatic carbocycles. The van der Waals surface area contributed by atoms with E-state index < -0.39 is 0 Å². The third kappa shape index (κ3) is 3.30. The largest absolute Gasteiger partial charge is 0.477 e.